The van der Waals surface area contributed by atoms with Crippen LogP contribution in [0.1, 0.15) is 60.8 Å². The molecule has 2 N–H and O–H groups in total. The Morgan fingerprint density at radius 3 is 2.17 bits per heavy atom. The second kappa shape index (κ2) is 7.10. The van der Waals surface area contributed by atoms with E-state index >= 15 is 0 Å². The van der Waals surface area contributed by atoms with Gasteiger partial charge in [0.25, 0.3) is 0 Å². The molecule has 0 radical (unpaired) electrons. The summed E-state index contributed by atoms with van der Waals surface area (Å²) in [5, 5.41) is 12.4. The van der Waals surface area contributed by atoms with E-state index in [1.165, 1.54) is 0 Å². The highest BCUT2D eigenvalue weighted by Crippen LogP contribution is 2.16. The highest BCUT2D eigenvalue weighted by molar-refractivity contribution is 5.78. The number of ether oxygens (including phenoxy) is 1. The van der Waals surface area contributed by atoms with E-state index in [1.807, 2.05) is 34.6 Å². The maximum Gasteiger partial charge on any atom is 0.323 e. The van der Waals surface area contributed by atoms with E-state index in [-0.39, 0.29) is 11.6 Å². The van der Waals surface area contributed by atoms with E-state index in [0.29, 0.717) is 13.0 Å². The molecule has 4 heteroatoms. The molecule has 0 aromatic heterocycles. The predicted molar refractivity (Wildman–Crippen MR) is 73.9 cm³/mol. The van der Waals surface area contributed by atoms with Gasteiger partial charge in [-0.2, -0.15) is 0 Å². The van der Waals surface area contributed by atoms with Crippen molar-refractivity contribution in [3.05, 3.63) is 0 Å². The molecule has 0 aliphatic heterocycles. The van der Waals surface area contributed by atoms with Gasteiger partial charge in [-0.15, -0.1) is 0 Å². The van der Waals surface area contributed by atoms with Crippen LogP contribution in [0.2, 0.25) is 0 Å². The van der Waals surface area contributed by atoms with Gasteiger partial charge in [-0.3, -0.25) is 10.1 Å². The molecule has 0 heterocycles. The Hall–Kier alpha value is -0.610. The minimum Gasteiger partial charge on any atom is -0.480 e. The fourth-order valence-electron chi connectivity index (χ4n) is 1.84. The van der Waals surface area contributed by atoms with Gasteiger partial charge in [0, 0.05) is 12.6 Å². The highest BCUT2D eigenvalue weighted by atomic mass is 16.5. The maximum atomic E-state index is 11.3. The maximum absolute atomic E-state index is 11.3. The fourth-order valence-corrected chi connectivity index (χ4v) is 1.84. The van der Waals surface area contributed by atoms with E-state index in [9.17, 15) is 9.90 Å². The predicted octanol–water partition coefficient (Wildman–Crippen LogP) is 2.81. The van der Waals surface area contributed by atoms with Gasteiger partial charge in [0.05, 0.1) is 5.60 Å². The zero-order valence-corrected chi connectivity index (χ0v) is 12.7. The summed E-state index contributed by atoms with van der Waals surface area (Å²) in [6, 6.07) is 0.164. The number of hydrogen-bond acceptors (Lipinski definition) is 3. The molecule has 0 saturated carbocycles. The first-order valence-corrected chi connectivity index (χ1v) is 6.72. The van der Waals surface area contributed by atoms with Crippen molar-refractivity contribution in [2.45, 2.75) is 78.0 Å². The quantitative estimate of drug-likeness (QED) is 0.658. The number of carboxylic acids is 1. The van der Waals surface area contributed by atoms with Gasteiger partial charge in [-0.25, -0.2) is 0 Å². The van der Waals surface area contributed by atoms with Gasteiger partial charge in [-0.1, -0.05) is 0 Å². The molecule has 0 saturated heterocycles. The Kier molecular flexibility index (Phi) is 6.86. The van der Waals surface area contributed by atoms with Crippen molar-refractivity contribution >= 4 is 5.97 Å². The van der Waals surface area contributed by atoms with Crippen LogP contribution >= 0.6 is 0 Å². The van der Waals surface area contributed by atoms with E-state index in [2.05, 4.69) is 5.32 Å². The van der Waals surface area contributed by atoms with E-state index in [4.69, 9.17) is 4.74 Å². The summed E-state index contributed by atoms with van der Waals surface area (Å²) >= 11 is 0. The molecule has 4 nitrogen and oxygen atoms in total. The third kappa shape index (κ3) is 7.67. The molecule has 0 spiro atoms. The van der Waals surface area contributed by atoms with Crippen molar-refractivity contribution < 1.29 is 14.6 Å². The Balaban J connectivity index is 4.03. The van der Waals surface area contributed by atoms with Gasteiger partial charge in [-0.05, 0) is 60.8 Å². The van der Waals surface area contributed by atoms with Gasteiger partial charge >= 0.3 is 5.97 Å². The van der Waals surface area contributed by atoms with E-state index in [1.54, 1.807) is 6.92 Å². The molecule has 0 amide bonds. The normalized spacial score (nSPS) is 15.7. The number of hydrogen-bond donors (Lipinski definition) is 2. The summed E-state index contributed by atoms with van der Waals surface area (Å²) in [6.45, 7) is 12.4. The molecule has 0 aliphatic carbocycles. The van der Waals surface area contributed by atoms with Crippen LogP contribution in [-0.2, 0) is 9.53 Å². The number of carbonyl (C=O) groups is 1. The third-order valence-corrected chi connectivity index (χ3v) is 2.69. The zero-order valence-electron chi connectivity index (χ0n) is 12.7. The summed E-state index contributed by atoms with van der Waals surface area (Å²) in [4.78, 5) is 11.3. The first kappa shape index (κ1) is 17.4. The molecule has 108 valence electrons. The average Bonchev–Trinajstić information content (AvgIpc) is 2.13. The van der Waals surface area contributed by atoms with Crippen molar-refractivity contribution in [2.75, 3.05) is 6.61 Å². The van der Waals surface area contributed by atoms with Gasteiger partial charge in [0.2, 0.25) is 0 Å². The Morgan fingerprint density at radius 1 is 1.22 bits per heavy atom. The fraction of sp³-hybridized carbons (Fsp3) is 0.929. The monoisotopic (exact) mass is 259 g/mol. The van der Waals surface area contributed by atoms with Gasteiger partial charge in [0.1, 0.15) is 5.54 Å². The van der Waals surface area contributed by atoms with Crippen molar-refractivity contribution in [1.82, 2.24) is 5.32 Å². The van der Waals surface area contributed by atoms with E-state index in [0.717, 1.165) is 12.8 Å². The summed E-state index contributed by atoms with van der Waals surface area (Å²) in [5.41, 5.74) is -0.956. The highest BCUT2D eigenvalue weighted by Gasteiger charge is 2.32. The van der Waals surface area contributed by atoms with Crippen LogP contribution in [-0.4, -0.2) is 34.9 Å². The molecule has 0 aromatic rings. The second-order valence-corrected chi connectivity index (χ2v) is 6.35. The third-order valence-electron chi connectivity index (χ3n) is 2.69. The standard InChI is InChI=1S/C14H29NO3/c1-11(2)15-14(6,12(16)17)9-7-8-10-18-13(3,4)5/h11,15H,7-10H2,1-6H3,(H,16,17). The molecule has 18 heavy (non-hydrogen) atoms. The van der Waals surface area contributed by atoms with Crippen molar-refractivity contribution in [2.24, 2.45) is 0 Å². The Labute approximate surface area is 111 Å². The lowest BCUT2D eigenvalue weighted by atomic mass is 9.94. The Bertz CT molecular complexity index is 258. The van der Waals surface area contributed by atoms with Gasteiger partial charge in [0.15, 0.2) is 0 Å². The van der Waals surface area contributed by atoms with Crippen LogP contribution in [0.4, 0.5) is 0 Å². The van der Waals surface area contributed by atoms with E-state index < -0.39 is 11.5 Å². The van der Waals surface area contributed by atoms with Crippen molar-refractivity contribution in [1.29, 1.82) is 0 Å². The minimum atomic E-state index is -0.837. The smallest absolute Gasteiger partial charge is 0.323 e. The summed E-state index contributed by atoms with van der Waals surface area (Å²) in [5.74, 6) is -0.784. The first-order chi connectivity index (χ1) is 8.07. The molecule has 0 aromatic carbocycles. The molecule has 0 fully saturated rings. The first-order valence-electron chi connectivity index (χ1n) is 6.72. The van der Waals surface area contributed by atoms with Gasteiger partial charge < -0.3 is 9.84 Å². The molecular formula is C14H29NO3. The minimum absolute atomic E-state index is 0.119. The lowest BCUT2D eigenvalue weighted by molar-refractivity contribution is -0.144. The Morgan fingerprint density at radius 2 is 1.78 bits per heavy atom. The van der Waals surface area contributed by atoms with Crippen LogP contribution in [0.25, 0.3) is 0 Å². The average molecular weight is 259 g/mol. The summed E-state index contributed by atoms with van der Waals surface area (Å²) < 4.78 is 5.62. The lowest BCUT2D eigenvalue weighted by Crippen LogP contribution is -2.52. The number of unbranched alkanes of at least 4 members (excludes halogenated alkanes) is 1. The molecule has 0 aliphatic rings. The van der Waals surface area contributed by atoms with Crippen molar-refractivity contribution in [3.8, 4) is 0 Å². The number of carboxylic acid groups (broad SMARTS) is 1. The second-order valence-electron chi connectivity index (χ2n) is 6.35. The zero-order chi connectivity index (χ0) is 14.4. The molecule has 0 rings (SSSR count). The molecular weight excluding hydrogens is 230 g/mol. The van der Waals surface area contributed by atoms with Crippen LogP contribution in [0.5, 0.6) is 0 Å². The van der Waals surface area contributed by atoms with Crippen molar-refractivity contribution in [3.63, 3.8) is 0 Å². The summed E-state index contributed by atoms with van der Waals surface area (Å²) in [7, 11) is 0. The topological polar surface area (TPSA) is 58.6 Å². The summed E-state index contributed by atoms with van der Waals surface area (Å²) in [6.07, 6.45) is 2.35. The molecule has 1 atom stereocenters. The number of aliphatic carboxylic acids is 1. The van der Waals surface area contributed by atoms with Crippen LogP contribution in [0.3, 0.4) is 0 Å². The largest absolute Gasteiger partial charge is 0.480 e. The SMILES string of the molecule is CC(C)NC(C)(CCCCOC(C)(C)C)C(=O)O. The van der Waals surface area contributed by atoms with Crippen LogP contribution in [0.15, 0.2) is 0 Å². The van der Waals surface area contributed by atoms with Crippen LogP contribution in [0, 0.1) is 0 Å². The number of nitrogens with one attached hydrogen (secondary N) is 1. The molecule has 1 unspecified atom stereocenters. The molecule has 0 bridgehead atoms. The lowest BCUT2D eigenvalue weighted by Gasteiger charge is -2.29. The number of rotatable bonds is 8. The van der Waals surface area contributed by atoms with Crippen LogP contribution < -0.4 is 5.32 Å².